The third-order valence-electron chi connectivity index (χ3n) is 11.2. The van der Waals surface area contributed by atoms with Gasteiger partial charge in [0, 0.05) is 27.5 Å². The van der Waals surface area contributed by atoms with E-state index in [0.717, 1.165) is 55.7 Å². The molecule has 0 spiro atoms. The van der Waals surface area contributed by atoms with Crippen LogP contribution in [0.3, 0.4) is 0 Å². The summed E-state index contributed by atoms with van der Waals surface area (Å²) in [5, 5.41) is 9.69. The predicted octanol–water partition coefficient (Wildman–Crippen LogP) is 15.5. The number of hydrogen-bond acceptors (Lipinski definition) is 2. The molecule has 2 heteroatoms. The molecule has 0 saturated heterocycles. The van der Waals surface area contributed by atoms with Gasteiger partial charge in [0.1, 0.15) is 11.2 Å². The molecule has 0 atom stereocenters. The van der Waals surface area contributed by atoms with E-state index < -0.39 is 0 Å². The molecule has 0 amide bonds. The minimum absolute atomic E-state index is 0.901. The average molecular weight is 714 g/mol. The first-order chi connectivity index (χ1) is 27.7. The lowest BCUT2D eigenvalue weighted by molar-refractivity contribution is 0.669. The first-order valence-electron chi connectivity index (χ1n) is 19.2. The fourth-order valence-corrected chi connectivity index (χ4v) is 8.52. The molecule has 2 nitrogen and oxygen atoms in total. The standard InChI is InChI=1S/C54H35NO/c1-3-19-45-37(12-1)14-11-24-46(45)41-17-9-15-38(32-41)39-16-10-18-44(33-39)55(52-34-42-13-2-4-20-47(42)48-21-5-6-22-49(48)52)43-29-26-36(27-30-43)40-28-31-51-50-23-7-8-25-53(50)56-54(51)35-40/h1-35H. The molecule has 0 saturated carbocycles. The van der Waals surface area contributed by atoms with E-state index in [1.54, 1.807) is 0 Å². The van der Waals surface area contributed by atoms with Crippen molar-refractivity contribution in [2.24, 2.45) is 0 Å². The van der Waals surface area contributed by atoms with Gasteiger partial charge in [-0.05, 0) is 115 Å². The van der Waals surface area contributed by atoms with Crippen LogP contribution in [-0.4, -0.2) is 0 Å². The van der Waals surface area contributed by atoms with Crippen molar-refractivity contribution in [3.05, 3.63) is 212 Å². The quantitative estimate of drug-likeness (QED) is 0.160. The Hall–Kier alpha value is -7.42. The summed E-state index contributed by atoms with van der Waals surface area (Å²) < 4.78 is 6.26. The van der Waals surface area contributed by atoms with E-state index in [1.807, 2.05) is 12.1 Å². The molecule has 56 heavy (non-hydrogen) atoms. The lowest BCUT2D eigenvalue weighted by Crippen LogP contribution is -2.10. The number of benzene rings is 10. The lowest BCUT2D eigenvalue weighted by atomic mass is 9.95. The van der Waals surface area contributed by atoms with Gasteiger partial charge in [0.2, 0.25) is 0 Å². The van der Waals surface area contributed by atoms with Crippen molar-refractivity contribution in [3.8, 4) is 33.4 Å². The second-order valence-corrected chi connectivity index (χ2v) is 14.5. The number of nitrogens with zero attached hydrogens (tertiary/aromatic N) is 1. The Morgan fingerprint density at radius 3 is 1.73 bits per heavy atom. The maximum atomic E-state index is 6.26. The number of furan rings is 1. The van der Waals surface area contributed by atoms with Crippen LogP contribution >= 0.6 is 0 Å². The molecule has 0 N–H and O–H groups in total. The van der Waals surface area contributed by atoms with Gasteiger partial charge >= 0.3 is 0 Å². The number of fused-ring (bicyclic) bond motifs is 7. The van der Waals surface area contributed by atoms with Crippen LogP contribution in [0.25, 0.3) is 87.6 Å². The summed E-state index contributed by atoms with van der Waals surface area (Å²) in [5.41, 5.74) is 12.2. The summed E-state index contributed by atoms with van der Waals surface area (Å²) in [4.78, 5) is 2.42. The van der Waals surface area contributed by atoms with E-state index in [-0.39, 0.29) is 0 Å². The molecule has 0 aliphatic rings. The average Bonchev–Trinajstić information content (AvgIpc) is 3.65. The van der Waals surface area contributed by atoms with Crippen molar-refractivity contribution < 1.29 is 4.42 Å². The third-order valence-corrected chi connectivity index (χ3v) is 11.2. The molecule has 11 rings (SSSR count). The molecule has 0 fully saturated rings. The Balaban J connectivity index is 1.05. The van der Waals surface area contributed by atoms with Crippen LogP contribution in [0, 0.1) is 0 Å². The zero-order chi connectivity index (χ0) is 37.0. The van der Waals surface area contributed by atoms with Crippen molar-refractivity contribution >= 4 is 71.3 Å². The number of hydrogen-bond donors (Lipinski definition) is 0. The minimum atomic E-state index is 0.901. The Bertz CT molecular complexity index is 3260. The van der Waals surface area contributed by atoms with Gasteiger partial charge in [-0.25, -0.2) is 0 Å². The monoisotopic (exact) mass is 713 g/mol. The zero-order valence-corrected chi connectivity index (χ0v) is 30.6. The molecule has 0 unspecified atom stereocenters. The lowest BCUT2D eigenvalue weighted by Gasteiger charge is -2.28. The number of para-hydroxylation sites is 1. The van der Waals surface area contributed by atoms with Crippen LogP contribution in [0.1, 0.15) is 0 Å². The van der Waals surface area contributed by atoms with E-state index in [4.69, 9.17) is 4.42 Å². The molecule has 0 bridgehead atoms. The Kier molecular flexibility index (Phi) is 7.53. The van der Waals surface area contributed by atoms with Crippen molar-refractivity contribution in [2.75, 3.05) is 4.90 Å². The van der Waals surface area contributed by atoms with Gasteiger partial charge in [0.25, 0.3) is 0 Å². The van der Waals surface area contributed by atoms with Gasteiger partial charge in [0.05, 0.1) is 5.69 Å². The maximum absolute atomic E-state index is 6.26. The summed E-state index contributed by atoms with van der Waals surface area (Å²) in [6, 6.07) is 76.6. The largest absolute Gasteiger partial charge is 0.456 e. The molecule has 1 aromatic heterocycles. The molecule has 0 radical (unpaired) electrons. The fourth-order valence-electron chi connectivity index (χ4n) is 8.52. The Labute approximate surface area is 325 Å². The van der Waals surface area contributed by atoms with Crippen molar-refractivity contribution in [3.63, 3.8) is 0 Å². The highest BCUT2D eigenvalue weighted by Crippen LogP contribution is 2.44. The van der Waals surface area contributed by atoms with Gasteiger partial charge < -0.3 is 9.32 Å². The molecular weight excluding hydrogens is 679 g/mol. The fraction of sp³-hybridized carbons (Fsp3) is 0. The van der Waals surface area contributed by atoms with E-state index >= 15 is 0 Å². The molecule has 262 valence electrons. The second kappa shape index (κ2) is 13.2. The Morgan fingerprint density at radius 2 is 0.875 bits per heavy atom. The van der Waals surface area contributed by atoms with E-state index in [9.17, 15) is 0 Å². The molecule has 0 aliphatic heterocycles. The van der Waals surface area contributed by atoms with Gasteiger partial charge in [-0.2, -0.15) is 0 Å². The van der Waals surface area contributed by atoms with Crippen LogP contribution in [0.15, 0.2) is 217 Å². The summed E-state index contributed by atoms with van der Waals surface area (Å²) in [7, 11) is 0. The smallest absolute Gasteiger partial charge is 0.136 e. The summed E-state index contributed by atoms with van der Waals surface area (Å²) >= 11 is 0. The molecule has 11 aromatic rings. The second-order valence-electron chi connectivity index (χ2n) is 14.5. The van der Waals surface area contributed by atoms with Crippen LogP contribution in [0.5, 0.6) is 0 Å². The van der Waals surface area contributed by atoms with E-state index in [1.165, 1.54) is 49.0 Å². The predicted molar refractivity (Wildman–Crippen MR) is 237 cm³/mol. The summed E-state index contributed by atoms with van der Waals surface area (Å²) in [6.07, 6.45) is 0. The molecule has 1 heterocycles. The van der Waals surface area contributed by atoms with Crippen molar-refractivity contribution in [2.45, 2.75) is 0 Å². The molecule has 10 aromatic carbocycles. The highest BCUT2D eigenvalue weighted by atomic mass is 16.3. The molecule has 0 aliphatic carbocycles. The van der Waals surface area contributed by atoms with Crippen LogP contribution in [0.2, 0.25) is 0 Å². The zero-order valence-electron chi connectivity index (χ0n) is 30.6. The van der Waals surface area contributed by atoms with Gasteiger partial charge in [-0.1, -0.05) is 158 Å². The van der Waals surface area contributed by atoms with Crippen LogP contribution in [0.4, 0.5) is 17.1 Å². The first-order valence-corrected chi connectivity index (χ1v) is 19.2. The maximum Gasteiger partial charge on any atom is 0.136 e. The van der Waals surface area contributed by atoms with E-state index in [0.29, 0.717) is 0 Å². The van der Waals surface area contributed by atoms with Crippen molar-refractivity contribution in [1.29, 1.82) is 0 Å². The van der Waals surface area contributed by atoms with Crippen molar-refractivity contribution in [1.82, 2.24) is 0 Å². The van der Waals surface area contributed by atoms with Crippen LogP contribution in [-0.2, 0) is 0 Å². The Morgan fingerprint density at radius 1 is 0.286 bits per heavy atom. The summed E-state index contributed by atoms with van der Waals surface area (Å²) in [5.74, 6) is 0. The van der Waals surface area contributed by atoms with Gasteiger partial charge in [-0.15, -0.1) is 0 Å². The van der Waals surface area contributed by atoms with Gasteiger partial charge in [-0.3, -0.25) is 0 Å². The topological polar surface area (TPSA) is 16.4 Å². The third kappa shape index (κ3) is 5.42. The van der Waals surface area contributed by atoms with Crippen LogP contribution < -0.4 is 4.90 Å². The SMILES string of the molecule is c1cc(-c2cccc(N(c3ccc(-c4ccc5c(c4)oc4ccccc45)cc3)c3cc4ccccc4c4ccccc34)c2)cc(-c2cccc3ccccc23)c1. The normalized spacial score (nSPS) is 11.6. The highest BCUT2D eigenvalue weighted by molar-refractivity contribution is 6.14. The highest BCUT2D eigenvalue weighted by Gasteiger charge is 2.19. The minimum Gasteiger partial charge on any atom is -0.456 e. The molecular formula is C54H35NO. The number of rotatable bonds is 6. The number of anilines is 3. The first kappa shape index (κ1) is 32.0. The summed E-state index contributed by atoms with van der Waals surface area (Å²) in [6.45, 7) is 0. The van der Waals surface area contributed by atoms with E-state index in [2.05, 4.69) is 205 Å². The van der Waals surface area contributed by atoms with Gasteiger partial charge in [0.15, 0.2) is 0 Å².